The fraction of sp³-hybridized carbons (Fsp3) is 0.412. The van der Waals surface area contributed by atoms with Crippen molar-refractivity contribution in [1.82, 2.24) is 19.6 Å². The van der Waals surface area contributed by atoms with Gasteiger partial charge >= 0.3 is 0 Å². The van der Waals surface area contributed by atoms with Crippen molar-refractivity contribution in [1.29, 1.82) is 0 Å². The molecular weight excluding hydrogens is 392 g/mol. The summed E-state index contributed by atoms with van der Waals surface area (Å²) >= 11 is 17.2. The van der Waals surface area contributed by atoms with E-state index in [-0.39, 0.29) is 11.8 Å². The summed E-state index contributed by atoms with van der Waals surface area (Å²) in [6, 6.07) is 6.65. The molecule has 2 saturated heterocycles. The smallest absolute Gasteiger partial charge is 0.262 e. The van der Waals surface area contributed by atoms with Crippen LogP contribution in [0.25, 0.3) is 0 Å². The van der Waals surface area contributed by atoms with Crippen molar-refractivity contribution >= 4 is 58.1 Å². The Morgan fingerprint density at radius 3 is 2.04 bits per heavy atom. The number of amides is 2. The minimum Gasteiger partial charge on any atom is -0.325 e. The van der Waals surface area contributed by atoms with Gasteiger partial charge in [0, 0.05) is 31.6 Å². The molecule has 1 aromatic carbocycles. The molecule has 0 N–H and O–H groups in total. The van der Waals surface area contributed by atoms with Gasteiger partial charge in [0.05, 0.1) is 0 Å². The lowest BCUT2D eigenvalue weighted by Gasteiger charge is -2.43. The second-order valence-electron chi connectivity index (χ2n) is 6.73. The van der Waals surface area contributed by atoms with Crippen LogP contribution in [0, 0.1) is 0 Å². The van der Waals surface area contributed by atoms with E-state index in [4.69, 9.17) is 36.0 Å². The highest BCUT2D eigenvalue weighted by atomic mass is 35.5. The molecule has 2 atom stereocenters. The lowest BCUT2D eigenvalue weighted by Crippen LogP contribution is -2.65. The van der Waals surface area contributed by atoms with E-state index in [9.17, 15) is 9.59 Å². The van der Waals surface area contributed by atoms with Crippen LogP contribution < -0.4 is 0 Å². The van der Waals surface area contributed by atoms with Crippen molar-refractivity contribution in [3.8, 4) is 0 Å². The van der Waals surface area contributed by atoms with Gasteiger partial charge in [0.1, 0.15) is 0 Å². The first-order valence-corrected chi connectivity index (χ1v) is 9.15. The maximum absolute atomic E-state index is 13.4. The topological polar surface area (TPSA) is 47.1 Å². The summed E-state index contributed by atoms with van der Waals surface area (Å²) < 4.78 is 0. The van der Waals surface area contributed by atoms with Crippen molar-refractivity contribution in [2.75, 3.05) is 14.1 Å². The van der Waals surface area contributed by atoms with Gasteiger partial charge in [-0.05, 0) is 56.5 Å². The number of likely N-dealkylation sites (N-methyl/N-ethyl adjacent to an activating group) is 2. The number of rotatable bonds is 1. The standard InChI is InChI=1S/C17H19ClN4O2S2/c1-10(23)21-14(25)19(4)16(2)17(21,3)22(15(26)20(16)5)13(24)11-7-6-8-12(18)9-11/h6-9H,1-5H3/t16-,17+/m1/s1. The lowest BCUT2D eigenvalue weighted by molar-refractivity contribution is -0.133. The van der Waals surface area contributed by atoms with Crippen molar-refractivity contribution in [2.24, 2.45) is 0 Å². The molecule has 0 unspecified atom stereocenters. The zero-order valence-corrected chi connectivity index (χ0v) is 17.5. The van der Waals surface area contributed by atoms with Crippen LogP contribution in [0.3, 0.4) is 0 Å². The molecule has 0 spiro atoms. The van der Waals surface area contributed by atoms with E-state index in [2.05, 4.69) is 0 Å². The predicted molar refractivity (Wildman–Crippen MR) is 108 cm³/mol. The third-order valence-electron chi connectivity index (χ3n) is 5.62. The molecule has 6 nitrogen and oxygen atoms in total. The molecule has 0 aliphatic carbocycles. The molecule has 2 aliphatic heterocycles. The first-order valence-electron chi connectivity index (χ1n) is 7.96. The lowest BCUT2D eigenvalue weighted by atomic mass is 9.95. The number of fused-ring (bicyclic) bond motifs is 1. The van der Waals surface area contributed by atoms with Crippen molar-refractivity contribution in [3.05, 3.63) is 34.9 Å². The number of hydrogen-bond donors (Lipinski definition) is 0. The van der Waals surface area contributed by atoms with Gasteiger partial charge in [-0.3, -0.25) is 19.4 Å². The minimum absolute atomic E-state index is 0.255. The van der Waals surface area contributed by atoms with Crippen LogP contribution in [0.1, 0.15) is 31.1 Å². The molecule has 0 saturated carbocycles. The quantitative estimate of drug-likeness (QED) is 0.663. The fourth-order valence-electron chi connectivity index (χ4n) is 3.91. The Morgan fingerprint density at radius 1 is 1.00 bits per heavy atom. The number of carbonyl (C=O) groups is 2. The molecule has 9 heteroatoms. The van der Waals surface area contributed by atoms with Gasteiger partial charge in [0.15, 0.2) is 21.6 Å². The molecule has 0 radical (unpaired) electrons. The summed E-state index contributed by atoms with van der Waals surface area (Å²) in [4.78, 5) is 32.4. The van der Waals surface area contributed by atoms with E-state index in [1.54, 1.807) is 48.2 Å². The number of thiocarbonyl (C=S) groups is 2. The highest BCUT2D eigenvalue weighted by molar-refractivity contribution is 7.80. The van der Waals surface area contributed by atoms with Crippen LogP contribution >= 0.6 is 36.0 Å². The monoisotopic (exact) mass is 410 g/mol. The van der Waals surface area contributed by atoms with E-state index in [0.29, 0.717) is 20.8 Å². The summed E-state index contributed by atoms with van der Waals surface area (Å²) in [7, 11) is 3.60. The Balaban J connectivity index is 2.22. The zero-order chi connectivity index (χ0) is 19.6. The van der Waals surface area contributed by atoms with Crippen LogP contribution in [-0.2, 0) is 4.79 Å². The Bertz CT molecular complexity index is 863. The summed E-state index contributed by atoms with van der Waals surface area (Å²) in [6.07, 6.45) is 0. The molecule has 3 rings (SSSR count). The van der Waals surface area contributed by atoms with Crippen LogP contribution in [0.5, 0.6) is 0 Å². The fourth-order valence-corrected chi connectivity index (χ4v) is 5.02. The molecule has 26 heavy (non-hydrogen) atoms. The summed E-state index contributed by atoms with van der Waals surface area (Å²) in [6.45, 7) is 5.16. The normalized spacial score (nSPS) is 28.1. The Morgan fingerprint density at radius 2 is 1.54 bits per heavy atom. The van der Waals surface area contributed by atoms with Gasteiger partial charge in [-0.25, -0.2) is 0 Å². The van der Waals surface area contributed by atoms with Gasteiger partial charge in [-0.2, -0.15) is 0 Å². The van der Waals surface area contributed by atoms with E-state index < -0.39 is 11.3 Å². The third-order valence-corrected chi connectivity index (χ3v) is 6.77. The third kappa shape index (κ3) is 2.09. The average Bonchev–Trinajstić information content (AvgIpc) is 2.82. The van der Waals surface area contributed by atoms with Gasteiger partial charge in [-0.15, -0.1) is 0 Å². The van der Waals surface area contributed by atoms with Gasteiger partial charge in [0.2, 0.25) is 5.91 Å². The maximum atomic E-state index is 13.4. The highest BCUT2D eigenvalue weighted by Gasteiger charge is 2.72. The van der Waals surface area contributed by atoms with Gasteiger partial charge in [-0.1, -0.05) is 17.7 Å². The van der Waals surface area contributed by atoms with Crippen molar-refractivity contribution in [2.45, 2.75) is 32.1 Å². The molecule has 138 valence electrons. The van der Waals surface area contributed by atoms with Crippen molar-refractivity contribution < 1.29 is 9.59 Å². The van der Waals surface area contributed by atoms with Crippen LogP contribution in [0.15, 0.2) is 24.3 Å². The van der Waals surface area contributed by atoms with Crippen molar-refractivity contribution in [3.63, 3.8) is 0 Å². The number of carbonyl (C=O) groups excluding carboxylic acids is 2. The largest absolute Gasteiger partial charge is 0.325 e. The molecule has 0 aromatic heterocycles. The number of benzene rings is 1. The van der Waals surface area contributed by atoms with Crippen LogP contribution in [0.4, 0.5) is 0 Å². The molecule has 2 aliphatic rings. The summed E-state index contributed by atoms with van der Waals surface area (Å²) in [5.41, 5.74) is -1.51. The van der Waals surface area contributed by atoms with Gasteiger partial charge < -0.3 is 9.80 Å². The van der Waals surface area contributed by atoms with Crippen LogP contribution in [-0.4, -0.2) is 67.1 Å². The van der Waals surface area contributed by atoms with E-state index >= 15 is 0 Å². The van der Waals surface area contributed by atoms with E-state index in [1.807, 2.05) is 13.8 Å². The molecule has 0 bridgehead atoms. The van der Waals surface area contributed by atoms with E-state index in [0.717, 1.165) is 0 Å². The van der Waals surface area contributed by atoms with Gasteiger partial charge in [0.25, 0.3) is 5.91 Å². The van der Waals surface area contributed by atoms with E-state index in [1.165, 1.54) is 16.7 Å². The number of hydrogen-bond acceptors (Lipinski definition) is 4. The second kappa shape index (κ2) is 5.87. The average molecular weight is 411 g/mol. The SMILES string of the molecule is CC(=O)N1C(=S)N(C)[C@]2(C)N(C)C(=S)N(C(=O)c3cccc(Cl)c3)[C@]12C. The summed E-state index contributed by atoms with van der Waals surface area (Å²) in [5.74, 6) is -0.588. The second-order valence-corrected chi connectivity index (χ2v) is 7.90. The summed E-state index contributed by atoms with van der Waals surface area (Å²) in [5, 5.41) is 1.12. The molecule has 2 fully saturated rings. The zero-order valence-electron chi connectivity index (χ0n) is 15.1. The number of nitrogens with zero attached hydrogens (tertiary/aromatic N) is 4. The molecule has 1 aromatic rings. The Hall–Kier alpha value is -1.77. The number of halogens is 1. The molecule has 2 heterocycles. The molecule has 2 amide bonds. The predicted octanol–water partition coefficient (Wildman–Crippen LogP) is 2.52. The first-order chi connectivity index (χ1) is 12.0. The minimum atomic E-state index is -1.10. The maximum Gasteiger partial charge on any atom is 0.262 e. The highest BCUT2D eigenvalue weighted by Crippen LogP contribution is 2.50. The Labute approximate surface area is 168 Å². The van der Waals surface area contributed by atoms with Crippen LogP contribution in [0.2, 0.25) is 5.02 Å². The molecular formula is C17H19ClN4O2S2. The Kier molecular flexibility index (Phi) is 4.29. The first kappa shape index (κ1) is 19.0.